The Bertz CT molecular complexity index is 528. The van der Waals surface area contributed by atoms with E-state index in [1.807, 2.05) is 6.20 Å². The van der Waals surface area contributed by atoms with Crippen LogP contribution in [0.3, 0.4) is 0 Å². The smallest absolute Gasteiger partial charge is 0.155 e. The molecule has 0 bridgehead atoms. The van der Waals surface area contributed by atoms with Gasteiger partial charge in [-0.2, -0.15) is 0 Å². The van der Waals surface area contributed by atoms with Crippen LogP contribution in [-0.4, -0.2) is 27.8 Å². The van der Waals surface area contributed by atoms with Crippen molar-refractivity contribution in [2.45, 2.75) is 104 Å². The van der Waals surface area contributed by atoms with Crippen molar-refractivity contribution in [2.75, 3.05) is 0 Å². The van der Waals surface area contributed by atoms with E-state index in [1.54, 1.807) is 6.20 Å². The van der Waals surface area contributed by atoms with E-state index in [9.17, 15) is 4.79 Å². The van der Waals surface area contributed by atoms with Crippen molar-refractivity contribution < 1.29 is 4.79 Å². The Labute approximate surface area is 159 Å². The fraction of sp³-hybridized carbons (Fsp3) is 0.818. The summed E-state index contributed by atoms with van der Waals surface area (Å²) in [4.78, 5) is 21.2. The van der Waals surface area contributed by atoms with Crippen molar-refractivity contribution in [3.63, 3.8) is 0 Å². The van der Waals surface area contributed by atoms with Gasteiger partial charge in [-0.1, -0.05) is 66.7 Å². The Hall–Kier alpha value is -1.16. The molecule has 2 N–H and O–H groups in total. The van der Waals surface area contributed by atoms with Crippen molar-refractivity contribution in [1.29, 1.82) is 0 Å². The molecule has 1 aromatic heterocycles. The Morgan fingerprint density at radius 3 is 2.35 bits per heavy atom. The maximum atomic E-state index is 13.6. The molecule has 148 valence electrons. The summed E-state index contributed by atoms with van der Waals surface area (Å²) in [6.07, 6.45) is 13.4. The summed E-state index contributed by atoms with van der Waals surface area (Å²) in [5.74, 6) is 2.09. The zero-order valence-corrected chi connectivity index (χ0v) is 17.5. The van der Waals surface area contributed by atoms with E-state index in [-0.39, 0.29) is 17.4 Å². The molecule has 1 aromatic rings. The molecule has 0 amide bonds. The summed E-state index contributed by atoms with van der Waals surface area (Å²) in [5, 5.41) is 3.55. The standard InChI is InChI=1S/C22H39N3O/c1-16(2)25-19(15-17(3)21-23-13-14-24-21)20(26)22(4,5)18-11-9-7-6-8-10-12-18/h13-14,16-19,25H,6-12,15H2,1-5H3,(H,23,24). The van der Waals surface area contributed by atoms with Crippen LogP contribution in [-0.2, 0) is 4.79 Å². The quantitative estimate of drug-likeness (QED) is 0.667. The van der Waals surface area contributed by atoms with Gasteiger partial charge in [0.1, 0.15) is 5.82 Å². The molecule has 0 aromatic carbocycles. The number of Topliss-reactive ketones (excluding diaryl/α,β-unsaturated/α-hetero) is 1. The SMILES string of the molecule is CC(C)NC(CC(C)c1ncc[nH]1)C(=O)C(C)(C)C1CCCCCCC1. The predicted molar refractivity (Wildman–Crippen MR) is 108 cm³/mol. The molecule has 1 aliphatic carbocycles. The number of aromatic amines is 1. The zero-order valence-electron chi connectivity index (χ0n) is 17.5. The molecule has 1 fully saturated rings. The third kappa shape index (κ3) is 5.67. The third-order valence-corrected chi connectivity index (χ3v) is 6.19. The molecular formula is C22H39N3O. The molecule has 4 heteroatoms. The molecule has 4 nitrogen and oxygen atoms in total. The van der Waals surface area contributed by atoms with Gasteiger partial charge in [0.25, 0.3) is 0 Å². The van der Waals surface area contributed by atoms with Crippen LogP contribution in [0.25, 0.3) is 0 Å². The first-order chi connectivity index (χ1) is 12.3. The number of aromatic nitrogens is 2. The van der Waals surface area contributed by atoms with E-state index in [0.29, 0.717) is 17.7 Å². The summed E-state index contributed by atoms with van der Waals surface area (Å²) >= 11 is 0. The van der Waals surface area contributed by atoms with E-state index in [0.717, 1.165) is 12.2 Å². The monoisotopic (exact) mass is 361 g/mol. The second-order valence-corrected chi connectivity index (χ2v) is 9.11. The van der Waals surface area contributed by atoms with Crippen LogP contribution in [0.15, 0.2) is 12.4 Å². The highest BCUT2D eigenvalue weighted by atomic mass is 16.1. The second kappa shape index (κ2) is 9.68. The molecule has 1 aliphatic rings. The van der Waals surface area contributed by atoms with Crippen LogP contribution in [0, 0.1) is 11.3 Å². The molecule has 1 heterocycles. The predicted octanol–water partition coefficient (Wildman–Crippen LogP) is 5.23. The number of hydrogen-bond acceptors (Lipinski definition) is 3. The minimum Gasteiger partial charge on any atom is -0.348 e. The first-order valence-corrected chi connectivity index (χ1v) is 10.6. The number of nitrogens with one attached hydrogen (secondary N) is 2. The van der Waals surface area contributed by atoms with Gasteiger partial charge in [-0.25, -0.2) is 4.98 Å². The third-order valence-electron chi connectivity index (χ3n) is 6.19. The maximum absolute atomic E-state index is 13.6. The average molecular weight is 362 g/mol. The molecule has 2 rings (SSSR count). The van der Waals surface area contributed by atoms with Gasteiger partial charge in [-0.3, -0.25) is 4.79 Å². The zero-order chi connectivity index (χ0) is 19.2. The van der Waals surface area contributed by atoms with Gasteiger partial charge < -0.3 is 10.3 Å². The lowest BCUT2D eigenvalue weighted by Crippen LogP contribution is -2.49. The summed E-state index contributed by atoms with van der Waals surface area (Å²) < 4.78 is 0. The van der Waals surface area contributed by atoms with Crippen LogP contribution < -0.4 is 5.32 Å². The molecule has 0 spiro atoms. The van der Waals surface area contributed by atoms with Crippen molar-refractivity contribution in [1.82, 2.24) is 15.3 Å². The van der Waals surface area contributed by atoms with Crippen LogP contribution in [0.2, 0.25) is 0 Å². The normalized spacial score (nSPS) is 19.8. The van der Waals surface area contributed by atoms with Gasteiger partial charge in [0.15, 0.2) is 5.78 Å². The molecule has 0 radical (unpaired) electrons. The number of rotatable bonds is 8. The highest BCUT2D eigenvalue weighted by Gasteiger charge is 2.40. The van der Waals surface area contributed by atoms with Gasteiger partial charge in [0, 0.05) is 29.8 Å². The molecule has 1 saturated carbocycles. The number of H-pyrrole nitrogens is 1. The number of carbonyl (C=O) groups excluding carboxylic acids is 1. The summed E-state index contributed by atoms with van der Waals surface area (Å²) in [7, 11) is 0. The van der Waals surface area contributed by atoms with E-state index in [2.05, 4.69) is 49.9 Å². The first kappa shape index (κ1) is 21.1. The highest BCUT2D eigenvalue weighted by molar-refractivity contribution is 5.89. The Kier molecular flexibility index (Phi) is 7.87. The largest absolute Gasteiger partial charge is 0.348 e. The minimum absolute atomic E-state index is 0.115. The lowest BCUT2D eigenvalue weighted by Gasteiger charge is -2.38. The van der Waals surface area contributed by atoms with Gasteiger partial charge in [0.2, 0.25) is 0 Å². The molecule has 0 aliphatic heterocycles. The Morgan fingerprint density at radius 1 is 1.19 bits per heavy atom. The molecule has 2 atom stereocenters. The Morgan fingerprint density at radius 2 is 1.81 bits per heavy atom. The van der Waals surface area contributed by atoms with Crippen LogP contribution in [0.5, 0.6) is 0 Å². The van der Waals surface area contributed by atoms with Crippen molar-refractivity contribution in [3.05, 3.63) is 18.2 Å². The number of imidazole rings is 1. The number of hydrogen-bond donors (Lipinski definition) is 2. The maximum Gasteiger partial charge on any atom is 0.155 e. The van der Waals surface area contributed by atoms with Crippen LogP contribution in [0.1, 0.15) is 97.7 Å². The molecular weight excluding hydrogens is 322 g/mol. The van der Waals surface area contributed by atoms with E-state index >= 15 is 0 Å². The average Bonchev–Trinajstić information content (AvgIpc) is 3.06. The lowest BCUT2D eigenvalue weighted by atomic mass is 9.68. The number of ketones is 1. The first-order valence-electron chi connectivity index (χ1n) is 10.6. The molecule has 2 unspecified atom stereocenters. The van der Waals surface area contributed by atoms with Crippen molar-refractivity contribution in [2.24, 2.45) is 11.3 Å². The van der Waals surface area contributed by atoms with E-state index < -0.39 is 0 Å². The summed E-state index contributed by atoms with van der Waals surface area (Å²) in [6, 6.07) is 0.177. The van der Waals surface area contributed by atoms with E-state index in [1.165, 1.54) is 44.9 Å². The van der Waals surface area contributed by atoms with Crippen LogP contribution in [0.4, 0.5) is 0 Å². The number of nitrogens with zero attached hydrogens (tertiary/aromatic N) is 1. The fourth-order valence-corrected chi connectivity index (χ4v) is 4.49. The van der Waals surface area contributed by atoms with Crippen LogP contribution >= 0.6 is 0 Å². The van der Waals surface area contributed by atoms with Crippen molar-refractivity contribution in [3.8, 4) is 0 Å². The number of carbonyl (C=O) groups is 1. The van der Waals surface area contributed by atoms with Gasteiger partial charge in [0.05, 0.1) is 6.04 Å². The highest BCUT2D eigenvalue weighted by Crippen LogP contribution is 2.39. The summed E-state index contributed by atoms with van der Waals surface area (Å²) in [5.41, 5.74) is -0.271. The summed E-state index contributed by atoms with van der Waals surface area (Å²) in [6.45, 7) is 10.8. The van der Waals surface area contributed by atoms with Crippen molar-refractivity contribution >= 4 is 5.78 Å². The minimum atomic E-state index is -0.271. The second-order valence-electron chi connectivity index (χ2n) is 9.11. The van der Waals surface area contributed by atoms with Gasteiger partial charge in [-0.05, 0) is 25.2 Å². The Balaban J connectivity index is 2.12. The van der Waals surface area contributed by atoms with Gasteiger partial charge in [-0.15, -0.1) is 0 Å². The molecule has 0 saturated heterocycles. The van der Waals surface area contributed by atoms with Gasteiger partial charge >= 0.3 is 0 Å². The topological polar surface area (TPSA) is 57.8 Å². The molecule has 26 heavy (non-hydrogen) atoms. The fourth-order valence-electron chi connectivity index (χ4n) is 4.49. The lowest BCUT2D eigenvalue weighted by molar-refractivity contribution is -0.133. The van der Waals surface area contributed by atoms with E-state index in [4.69, 9.17) is 0 Å².